The molecule has 1 N–H and O–H groups in total. The van der Waals surface area contributed by atoms with Gasteiger partial charge in [0.2, 0.25) is 0 Å². The minimum absolute atomic E-state index is 0.127. The van der Waals surface area contributed by atoms with Crippen molar-refractivity contribution in [1.82, 2.24) is 10.2 Å². The van der Waals surface area contributed by atoms with Gasteiger partial charge < -0.3 is 10.2 Å². The summed E-state index contributed by atoms with van der Waals surface area (Å²) in [7, 11) is 0. The fourth-order valence-corrected chi connectivity index (χ4v) is 2.82. The molecule has 0 aromatic heterocycles. The Labute approximate surface area is 145 Å². The molecule has 0 heterocycles. The largest absolute Gasteiger partial charge is 0.336 e. The van der Waals surface area contributed by atoms with E-state index in [1.807, 2.05) is 18.7 Å². The number of carbonyl (C=O) groups excluding carboxylic acids is 1. The van der Waals surface area contributed by atoms with E-state index in [9.17, 15) is 4.79 Å². The highest BCUT2D eigenvalue weighted by molar-refractivity contribution is 5.74. The fourth-order valence-electron chi connectivity index (χ4n) is 2.82. The lowest BCUT2D eigenvalue weighted by atomic mass is 10.1. The van der Waals surface area contributed by atoms with Crippen LogP contribution in [0.4, 0.5) is 4.79 Å². The summed E-state index contributed by atoms with van der Waals surface area (Å²) in [5.74, 6) is 0. The average molecular weight is 327 g/mol. The Kier molecular flexibility index (Phi) is 15.6. The Morgan fingerprint density at radius 1 is 0.739 bits per heavy atom. The molecule has 3 nitrogen and oxygen atoms in total. The van der Waals surface area contributed by atoms with Crippen LogP contribution in [-0.4, -0.2) is 30.1 Å². The molecule has 0 radical (unpaired) electrons. The van der Waals surface area contributed by atoms with Crippen molar-refractivity contribution in [2.45, 2.75) is 111 Å². The summed E-state index contributed by atoms with van der Waals surface area (Å²) in [6, 6.07) is 0.348. The summed E-state index contributed by atoms with van der Waals surface area (Å²) in [6.45, 7) is 10.4. The summed E-state index contributed by atoms with van der Waals surface area (Å²) in [4.78, 5) is 14.3. The molecule has 0 bridgehead atoms. The van der Waals surface area contributed by atoms with Gasteiger partial charge in [0, 0.05) is 19.1 Å². The number of urea groups is 1. The SMILES string of the molecule is CCCCCCCCN(CCCCCCCC)C(=O)NC(C)C. The molecule has 0 aliphatic heterocycles. The second kappa shape index (κ2) is 16.1. The monoisotopic (exact) mass is 326 g/mol. The fraction of sp³-hybridized carbons (Fsp3) is 0.950. The first-order valence-corrected chi connectivity index (χ1v) is 10.2. The van der Waals surface area contributed by atoms with E-state index in [4.69, 9.17) is 0 Å². The molecule has 0 fully saturated rings. The van der Waals surface area contributed by atoms with Crippen molar-refractivity contribution in [2.24, 2.45) is 0 Å². The molecule has 0 saturated heterocycles. The van der Waals surface area contributed by atoms with Crippen LogP contribution in [0.15, 0.2) is 0 Å². The molecule has 138 valence electrons. The minimum Gasteiger partial charge on any atom is -0.336 e. The molecule has 0 rings (SSSR count). The predicted molar refractivity (Wildman–Crippen MR) is 102 cm³/mol. The maximum Gasteiger partial charge on any atom is 0.317 e. The van der Waals surface area contributed by atoms with Crippen molar-refractivity contribution in [1.29, 1.82) is 0 Å². The average Bonchev–Trinajstić information content (AvgIpc) is 2.51. The topological polar surface area (TPSA) is 32.3 Å². The van der Waals surface area contributed by atoms with Crippen molar-refractivity contribution in [3.63, 3.8) is 0 Å². The molecule has 0 spiro atoms. The zero-order chi connectivity index (χ0) is 17.3. The Morgan fingerprint density at radius 3 is 1.52 bits per heavy atom. The lowest BCUT2D eigenvalue weighted by Gasteiger charge is -2.24. The molecule has 0 aromatic rings. The highest BCUT2D eigenvalue weighted by atomic mass is 16.2. The van der Waals surface area contributed by atoms with Crippen LogP contribution in [0.5, 0.6) is 0 Å². The van der Waals surface area contributed by atoms with Crippen LogP contribution in [0, 0.1) is 0 Å². The summed E-state index contributed by atoms with van der Waals surface area (Å²) >= 11 is 0. The number of hydrogen-bond acceptors (Lipinski definition) is 1. The van der Waals surface area contributed by atoms with Gasteiger partial charge in [0.05, 0.1) is 0 Å². The molecule has 0 aliphatic carbocycles. The first-order valence-electron chi connectivity index (χ1n) is 10.2. The normalized spacial score (nSPS) is 11.0. The van der Waals surface area contributed by atoms with E-state index in [0.29, 0.717) is 0 Å². The summed E-state index contributed by atoms with van der Waals surface area (Å²) in [5.41, 5.74) is 0. The van der Waals surface area contributed by atoms with Crippen LogP contribution >= 0.6 is 0 Å². The number of amides is 2. The third-order valence-corrected chi connectivity index (χ3v) is 4.26. The Morgan fingerprint density at radius 2 is 1.13 bits per heavy atom. The van der Waals surface area contributed by atoms with Crippen molar-refractivity contribution in [3.8, 4) is 0 Å². The van der Waals surface area contributed by atoms with Gasteiger partial charge in [-0.1, -0.05) is 78.1 Å². The summed E-state index contributed by atoms with van der Waals surface area (Å²) in [6.07, 6.45) is 15.4. The van der Waals surface area contributed by atoms with Gasteiger partial charge in [0.15, 0.2) is 0 Å². The standard InChI is InChI=1S/C20H42N2O/c1-5-7-9-11-13-15-17-22(20(23)21-19(3)4)18-16-14-12-10-8-6-2/h19H,5-18H2,1-4H3,(H,21,23). The molecule has 0 saturated carbocycles. The molecule has 3 heteroatoms. The van der Waals surface area contributed by atoms with Crippen molar-refractivity contribution in [3.05, 3.63) is 0 Å². The molecule has 0 unspecified atom stereocenters. The zero-order valence-corrected chi connectivity index (χ0v) is 16.3. The number of nitrogens with one attached hydrogen (secondary N) is 1. The lowest BCUT2D eigenvalue weighted by molar-refractivity contribution is 0.192. The first-order chi connectivity index (χ1) is 11.1. The number of nitrogens with zero attached hydrogens (tertiary/aromatic N) is 1. The van der Waals surface area contributed by atoms with E-state index in [1.54, 1.807) is 0 Å². The van der Waals surface area contributed by atoms with Crippen LogP contribution in [0.3, 0.4) is 0 Å². The first kappa shape index (κ1) is 22.3. The summed E-state index contributed by atoms with van der Waals surface area (Å²) < 4.78 is 0. The number of unbranched alkanes of at least 4 members (excludes halogenated alkanes) is 10. The lowest BCUT2D eigenvalue weighted by Crippen LogP contribution is -2.43. The third-order valence-electron chi connectivity index (χ3n) is 4.26. The van der Waals surface area contributed by atoms with Crippen molar-refractivity contribution < 1.29 is 4.79 Å². The van der Waals surface area contributed by atoms with Crippen LogP contribution in [-0.2, 0) is 0 Å². The maximum absolute atomic E-state index is 12.3. The molecule has 0 aromatic carbocycles. The number of rotatable bonds is 15. The van der Waals surface area contributed by atoms with Gasteiger partial charge in [0.25, 0.3) is 0 Å². The molecule has 23 heavy (non-hydrogen) atoms. The van der Waals surface area contributed by atoms with Gasteiger partial charge in [0.1, 0.15) is 0 Å². The molecular weight excluding hydrogens is 284 g/mol. The van der Waals surface area contributed by atoms with Gasteiger partial charge in [-0.3, -0.25) is 0 Å². The Bertz CT molecular complexity index is 250. The predicted octanol–water partition coefficient (Wildman–Crippen LogP) is 6.13. The van der Waals surface area contributed by atoms with Crippen molar-refractivity contribution >= 4 is 6.03 Å². The highest BCUT2D eigenvalue weighted by Crippen LogP contribution is 2.09. The van der Waals surface area contributed by atoms with Crippen LogP contribution in [0.25, 0.3) is 0 Å². The van der Waals surface area contributed by atoms with E-state index < -0.39 is 0 Å². The van der Waals surface area contributed by atoms with E-state index >= 15 is 0 Å². The molecule has 2 amide bonds. The maximum atomic E-state index is 12.3. The van der Waals surface area contributed by atoms with Crippen LogP contribution < -0.4 is 5.32 Å². The minimum atomic E-state index is 0.127. The number of hydrogen-bond donors (Lipinski definition) is 1. The third kappa shape index (κ3) is 14.6. The van der Waals surface area contributed by atoms with Crippen molar-refractivity contribution in [2.75, 3.05) is 13.1 Å². The van der Waals surface area contributed by atoms with Gasteiger partial charge in [-0.15, -0.1) is 0 Å². The van der Waals surface area contributed by atoms with Gasteiger partial charge in [-0.2, -0.15) is 0 Å². The molecule has 0 aliphatic rings. The quantitative estimate of drug-likeness (QED) is 0.361. The smallest absolute Gasteiger partial charge is 0.317 e. The second-order valence-electron chi connectivity index (χ2n) is 7.13. The Balaban J connectivity index is 3.96. The second-order valence-corrected chi connectivity index (χ2v) is 7.13. The van der Waals surface area contributed by atoms with Crippen LogP contribution in [0.1, 0.15) is 105 Å². The van der Waals surface area contributed by atoms with Gasteiger partial charge in [-0.25, -0.2) is 4.79 Å². The zero-order valence-electron chi connectivity index (χ0n) is 16.3. The van der Waals surface area contributed by atoms with Gasteiger partial charge >= 0.3 is 6.03 Å². The van der Waals surface area contributed by atoms with E-state index in [1.165, 1.54) is 64.2 Å². The molecular formula is C20H42N2O. The van der Waals surface area contributed by atoms with Crippen LogP contribution in [0.2, 0.25) is 0 Å². The summed E-state index contributed by atoms with van der Waals surface area (Å²) in [5, 5.41) is 3.05. The number of carbonyl (C=O) groups is 1. The van der Waals surface area contributed by atoms with E-state index in [-0.39, 0.29) is 12.1 Å². The van der Waals surface area contributed by atoms with E-state index in [0.717, 1.165) is 25.9 Å². The Hall–Kier alpha value is -0.730. The highest BCUT2D eigenvalue weighted by Gasteiger charge is 2.13. The van der Waals surface area contributed by atoms with Gasteiger partial charge in [-0.05, 0) is 26.7 Å². The molecule has 0 atom stereocenters. The van der Waals surface area contributed by atoms with E-state index in [2.05, 4.69) is 19.2 Å².